The average molecular weight is 398 g/mol. The Labute approximate surface area is 170 Å². The SMILES string of the molecule is COc1ccc(C=CC(=O)CC(O)C=Cc2ccc(CO)c(CO)c2)cc1OC. The number of ketones is 1. The van der Waals surface area contributed by atoms with Gasteiger partial charge in [0.25, 0.3) is 0 Å². The van der Waals surface area contributed by atoms with Gasteiger partial charge in [-0.2, -0.15) is 0 Å². The maximum atomic E-state index is 12.1. The third-order valence-electron chi connectivity index (χ3n) is 4.36. The largest absolute Gasteiger partial charge is 0.493 e. The molecule has 0 aliphatic heterocycles. The number of rotatable bonds is 10. The Kier molecular flexibility index (Phi) is 8.61. The fourth-order valence-electron chi connectivity index (χ4n) is 2.76. The second kappa shape index (κ2) is 11.2. The minimum Gasteiger partial charge on any atom is -0.493 e. The highest BCUT2D eigenvalue weighted by Crippen LogP contribution is 2.28. The smallest absolute Gasteiger partial charge is 0.161 e. The number of hydrogen-bond acceptors (Lipinski definition) is 6. The second-order valence-corrected chi connectivity index (χ2v) is 6.39. The van der Waals surface area contributed by atoms with Gasteiger partial charge in [-0.25, -0.2) is 0 Å². The second-order valence-electron chi connectivity index (χ2n) is 6.39. The predicted octanol–water partition coefficient (Wildman–Crippen LogP) is 2.74. The fourth-order valence-corrected chi connectivity index (χ4v) is 2.76. The number of carbonyl (C=O) groups excluding carboxylic acids is 1. The molecular weight excluding hydrogens is 372 g/mol. The van der Waals surface area contributed by atoms with Gasteiger partial charge in [0.1, 0.15) is 0 Å². The Balaban J connectivity index is 1.96. The molecule has 0 aromatic heterocycles. The van der Waals surface area contributed by atoms with Gasteiger partial charge in [0, 0.05) is 6.42 Å². The predicted molar refractivity (Wildman–Crippen MR) is 112 cm³/mol. The molecule has 2 aromatic carbocycles. The van der Waals surface area contributed by atoms with Crippen LogP contribution >= 0.6 is 0 Å². The van der Waals surface area contributed by atoms with Crippen LogP contribution in [0.25, 0.3) is 12.2 Å². The van der Waals surface area contributed by atoms with Crippen molar-refractivity contribution in [3.63, 3.8) is 0 Å². The quantitative estimate of drug-likeness (QED) is 0.533. The Hall–Kier alpha value is -2.93. The van der Waals surface area contributed by atoms with Gasteiger partial charge in [-0.15, -0.1) is 0 Å². The van der Waals surface area contributed by atoms with Crippen LogP contribution < -0.4 is 9.47 Å². The molecule has 0 bridgehead atoms. The Bertz CT molecular complexity index is 885. The van der Waals surface area contributed by atoms with Gasteiger partial charge < -0.3 is 24.8 Å². The molecule has 0 fully saturated rings. The normalized spacial score (nSPS) is 12.4. The van der Waals surface area contributed by atoms with Crippen LogP contribution in [0.4, 0.5) is 0 Å². The average Bonchev–Trinajstić information content (AvgIpc) is 2.75. The third kappa shape index (κ3) is 6.57. The minimum atomic E-state index is -0.937. The standard InChI is InChI=1S/C23H26O6/c1-28-22-10-6-17(12-23(22)29-2)5-9-21(27)13-20(26)8-4-16-3-7-18(14-24)19(11-16)15-25/h3-12,20,24-26H,13-15H2,1-2H3. The minimum absolute atomic E-state index is 0.0537. The molecule has 0 spiro atoms. The first-order chi connectivity index (χ1) is 14.0. The first-order valence-electron chi connectivity index (χ1n) is 9.13. The van der Waals surface area contributed by atoms with Gasteiger partial charge in [-0.05, 0) is 46.5 Å². The van der Waals surface area contributed by atoms with E-state index in [4.69, 9.17) is 9.47 Å². The van der Waals surface area contributed by atoms with E-state index in [1.807, 2.05) is 0 Å². The molecular formula is C23H26O6. The lowest BCUT2D eigenvalue weighted by Gasteiger charge is -2.07. The summed E-state index contributed by atoms with van der Waals surface area (Å²) in [6.45, 7) is -0.330. The van der Waals surface area contributed by atoms with Crippen LogP contribution in [0.3, 0.4) is 0 Å². The van der Waals surface area contributed by atoms with E-state index in [2.05, 4.69) is 0 Å². The summed E-state index contributed by atoms with van der Waals surface area (Å²) >= 11 is 0. The van der Waals surface area contributed by atoms with Crippen LogP contribution in [0.1, 0.15) is 28.7 Å². The summed E-state index contributed by atoms with van der Waals surface area (Å²) in [5, 5.41) is 28.6. The maximum Gasteiger partial charge on any atom is 0.161 e. The summed E-state index contributed by atoms with van der Waals surface area (Å²) in [6, 6.07) is 10.5. The molecule has 0 heterocycles. The van der Waals surface area contributed by atoms with E-state index in [9.17, 15) is 20.1 Å². The molecule has 0 saturated heterocycles. The highest BCUT2D eigenvalue weighted by molar-refractivity contribution is 5.94. The number of aliphatic hydroxyl groups is 3. The van der Waals surface area contributed by atoms with Crippen LogP contribution in [0.5, 0.6) is 11.5 Å². The first-order valence-corrected chi connectivity index (χ1v) is 9.13. The van der Waals surface area contributed by atoms with Crippen molar-refractivity contribution in [3.05, 3.63) is 70.8 Å². The van der Waals surface area contributed by atoms with Crippen LogP contribution in [0.2, 0.25) is 0 Å². The van der Waals surface area contributed by atoms with Crippen molar-refractivity contribution in [3.8, 4) is 11.5 Å². The van der Waals surface area contributed by atoms with Gasteiger partial charge in [0.2, 0.25) is 0 Å². The van der Waals surface area contributed by atoms with E-state index in [0.29, 0.717) is 22.6 Å². The number of hydrogen-bond donors (Lipinski definition) is 3. The number of benzene rings is 2. The van der Waals surface area contributed by atoms with E-state index in [0.717, 1.165) is 11.1 Å². The van der Waals surface area contributed by atoms with Crippen molar-refractivity contribution in [1.29, 1.82) is 0 Å². The lowest BCUT2D eigenvalue weighted by Crippen LogP contribution is -2.08. The third-order valence-corrected chi connectivity index (χ3v) is 4.36. The molecule has 0 radical (unpaired) electrons. The van der Waals surface area contributed by atoms with Crippen molar-refractivity contribution in [2.24, 2.45) is 0 Å². The molecule has 154 valence electrons. The number of methoxy groups -OCH3 is 2. The lowest BCUT2D eigenvalue weighted by atomic mass is 10.0. The van der Waals surface area contributed by atoms with E-state index in [1.165, 1.54) is 12.2 Å². The summed E-state index contributed by atoms with van der Waals surface area (Å²) in [6.07, 6.45) is 5.28. The lowest BCUT2D eigenvalue weighted by molar-refractivity contribution is -0.115. The zero-order valence-electron chi connectivity index (χ0n) is 16.5. The molecule has 2 rings (SSSR count). The summed E-state index contributed by atoms with van der Waals surface area (Å²) < 4.78 is 10.4. The Morgan fingerprint density at radius 1 is 0.931 bits per heavy atom. The highest BCUT2D eigenvalue weighted by atomic mass is 16.5. The molecule has 0 amide bonds. The topological polar surface area (TPSA) is 96.2 Å². The van der Waals surface area contributed by atoms with Crippen LogP contribution in [-0.4, -0.2) is 41.4 Å². The molecule has 0 aliphatic rings. The van der Waals surface area contributed by atoms with Gasteiger partial charge in [0.15, 0.2) is 17.3 Å². The summed E-state index contributed by atoms with van der Waals surface area (Å²) in [5.41, 5.74) is 2.82. The molecule has 0 saturated carbocycles. The summed E-state index contributed by atoms with van der Waals surface area (Å²) in [5.74, 6) is 0.955. The molecule has 3 N–H and O–H groups in total. The first kappa shape index (κ1) is 22.4. The van der Waals surface area contributed by atoms with Crippen molar-refractivity contribution in [1.82, 2.24) is 0 Å². The van der Waals surface area contributed by atoms with Gasteiger partial charge in [-0.3, -0.25) is 4.79 Å². The molecule has 0 aliphatic carbocycles. The Morgan fingerprint density at radius 3 is 2.24 bits per heavy atom. The number of allylic oxidation sites excluding steroid dienone is 1. The van der Waals surface area contributed by atoms with Gasteiger partial charge in [0.05, 0.1) is 33.5 Å². The highest BCUT2D eigenvalue weighted by Gasteiger charge is 2.07. The molecule has 29 heavy (non-hydrogen) atoms. The summed E-state index contributed by atoms with van der Waals surface area (Å²) in [4.78, 5) is 12.1. The van der Waals surface area contributed by atoms with E-state index >= 15 is 0 Å². The molecule has 1 atom stereocenters. The molecule has 1 unspecified atom stereocenters. The van der Waals surface area contributed by atoms with Gasteiger partial charge >= 0.3 is 0 Å². The van der Waals surface area contributed by atoms with Crippen molar-refractivity contribution >= 4 is 17.9 Å². The van der Waals surface area contributed by atoms with Gasteiger partial charge in [-0.1, -0.05) is 36.4 Å². The van der Waals surface area contributed by atoms with Crippen LogP contribution in [0.15, 0.2) is 48.6 Å². The molecule has 6 heteroatoms. The molecule has 6 nitrogen and oxygen atoms in total. The Morgan fingerprint density at radius 2 is 1.59 bits per heavy atom. The van der Waals surface area contributed by atoms with E-state index in [1.54, 1.807) is 62.8 Å². The van der Waals surface area contributed by atoms with Crippen molar-refractivity contribution < 1.29 is 29.6 Å². The van der Waals surface area contributed by atoms with E-state index < -0.39 is 6.10 Å². The monoisotopic (exact) mass is 398 g/mol. The number of aliphatic hydroxyl groups excluding tert-OH is 3. The van der Waals surface area contributed by atoms with Crippen LogP contribution in [0, 0.1) is 0 Å². The van der Waals surface area contributed by atoms with Crippen LogP contribution in [-0.2, 0) is 18.0 Å². The van der Waals surface area contributed by atoms with Crippen molar-refractivity contribution in [2.75, 3.05) is 14.2 Å². The van der Waals surface area contributed by atoms with Crippen molar-refractivity contribution in [2.45, 2.75) is 25.7 Å². The number of carbonyl (C=O) groups is 1. The zero-order valence-corrected chi connectivity index (χ0v) is 16.5. The number of ether oxygens (including phenoxy) is 2. The maximum absolute atomic E-state index is 12.1. The molecule has 2 aromatic rings. The van der Waals surface area contributed by atoms with E-state index in [-0.39, 0.29) is 25.4 Å². The summed E-state index contributed by atoms with van der Waals surface area (Å²) in [7, 11) is 3.09. The zero-order chi connectivity index (χ0) is 21.2. The fraction of sp³-hybridized carbons (Fsp3) is 0.261.